The Hall–Kier alpha value is -1.26. The molecular weight excluding hydrogens is 452 g/mol. The van der Waals surface area contributed by atoms with Crippen molar-refractivity contribution in [1.29, 1.82) is 0 Å². The molecule has 0 unspecified atom stereocenters. The lowest BCUT2D eigenvalue weighted by atomic mass is 9.89. The van der Waals surface area contributed by atoms with Gasteiger partial charge in [-0.25, -0.2) is 18.8 Å². The molecule has 0 radical (unpaired) electrons. The summed E-state index contributed by atoms with van der Waals surface area (Å²) in [6, 6.07) is 6.33. The van der Waals surface area contributed by atoms with Crippen molar-refractivity contribution >= 4 is 7.59 Å². The third-order valence-electron chi connectivity index (χ3n) is 6.55. The molecule has 2 aliphatic rings. The van der Waals surface area contributed by atoms with E-state index in [0.29, 0.717) is 18.8 Å². The van der Waals surface area contributed by atoms with Crippen LogP contribution >= 0.6 is 7.59 Å². The predicted octanol–water partition coefficient (Wildman–Crippen LogP) is 5.71. The quantitative estimate of drug-likeness (QED) is 0.270. The van der Waals surface area contributed by atoms with Crippen LogP contribution < -0.4 is 5.09 Å². The van der Waals surface area contributed by atoms with E-state index in [2.05, 4.69) is 54.0 Å². The van der Waals surface area contributed by atoms with Crippen molar-refractivity contribution in [3.05, 3.63) is 35.6 Å². The molecule has 8 heteroatoms. The third kappa shape index (κ3) is 5.75. The highest BCUT2D eigenvalue weighted by molar-refractivity contribution is 7.57. The molecule has 3 atom stereocenters. The fourth-order valence-electron chi connectivity index (χ4n) is 5.40. The number of nitrogens with zero attached hydrogens (tertiary/aromatic N) is 2. The van der Waals surface area contributed by atoms with Crippen LogP contribution in [0.2, 0.25) is 0 Å². The summed E-state index contributed by atoms with van der Waals surface area (Å²) in [7, 11) is -3.27. The van der Waals surface area contributed by atoms with Crippen LogP contribution in [0.5, 0.6) is 0 Å². The number of benzene rings is 1. The molecule has 0 amide bonds. The molecule has 0 aromatic heterocycles. The zero-order valence-electron chi connectivity index (χ0n) is 21.5. The van der Waals surface area contributed by atoms with Crippen LogP contribution in [0.25, 0.3) is 0 Å². The Bertz CT molecular complexity index is 882. The van der Waals surface area contributed by atoms with Gasteiger partial charge in [-0.3, -0.25) is 4.57 Å². The first-order chi connectivity index (χ1) is 16.2. The van der Waals surface area contributed by atoms with Gasteiger partial charge in [0.25, 0.3) is 7.59 Å². The molecule has 1 saturated heterocycles. The van der Waals surface area contributed by atoms with Gasteiger partial charge in [0.1, 0.15) is 11.9 Å². The molecule has 34 heavy (non-hydrogen) atoms. The van der Waals surface area contributed by atoms with Gasteiger partial charge in [-0.1, -0.05) is 37.0 Å². The van der Waals surface area contributed by atoms with Gasteiger partial charge in [0.2, 0.25) is 6.29 Å². The van der Waals surface area contributed by atoms with Gasteiger partial charge in [-0.15, -0.1) is 0 Å². The number of nitrogens with one attached hydrogen (secondary N) is 1. The molecule has 190 valence electrons. The molecule has 6 nitrogen and oxygen atoms in total. The van der Waals surface area contributed by atoms with Crippen molar-refractivity contribution in [2.24, 2.45) is 0 Å². The molecule has 3 rings (SSSR count). The van der Waals surface area contributed by atoms with Crippen LogP contribution in [0.4, 0.5) is 4.39 Å². The van der Waals surface area contributed by atoms with E-state index in [9.17, 15) is 4.39 Å². The van der Waals surface area contributed by atoms with Gasteiger partial charge in [0, 0.05) is 42.9 Å². The molecule has 2 fully saturated rings. The smallest absolute Gasteiger partial charge is 0.286 e. The van der Waals surface area contributed by atoms with E-state index in [1.54, 1.807) is 18.2 Å². The molecule has 1 aliphatic carbocycles. The van der Waals surface area contributed by atoms with Crippen molar-refractivity contribution in [2.45, 2.75) is 104 Å². The Morgan fingerprint density at radius 3 is 2.00 bits per heavy atom. The molecule has 1 aromatic rings. The molecule has 1 N–H and O–H groups in total. The van der Waals surface area contributed by atoms with E-state index in [0.717, 1.165) is 25.7 Å². The summed E-state index contributed by atoms with van der Waals surface area (Å²) in [5.74, 6) is 5.75. The molecule has 1 heterocycles. The SMILES string of the molecule is CCOC(C#C[C@@H](NP1(=O)N(C(C)C)[C@@H]2CCCC[C@H]2N1C(C)C)c1ccccc1F)OCC. The van der Waals surface area contributed by atoms with Crippen LogP contribution in [0.1, 0.15) is 78.8 Å². The Balaban J connectivity index is 2.07. The van der Waals surface area contributed by atoms with Crippen molar-refractivity contribution in [3.63, 3.8) is 0 Å². The number of ether oxygens (including phenoxy) is 2. The summed E-state index contributed by atoms with van der Waals surface area (Å²) in [6.07, 6.45) is 3.59. The van der Waals surface area contributed by atoms with Gasteiger partial charge in [0.05, 0.1) is 0 Å². The molecule has 1 aliphatic heterocycles. The Morgan fingerprint density at radius 1 is 1.00 bits per heavy atom. The summed E-state index contributed by atoms with van der Waals surface area (Å²) in [4.78, 5) is 0. The average molecular weight is 494 g/mol. The minimum atomic E-state index is -3.27. The molecule has 0 bridgehead atoms. The number of halogens is 1. The Morgan fingerprint density at radius 2 is 1.53 bits per heavy atom. The maximum absolute atomic E-state index is 15.0. The molecule has 1 aromatic carbocycles. The largest absolute Gasteiger partial charge is 0.342 e. The highest BCUT2D eigenvalue weighted by atomic mass is 31.2. The monoisotopic (exact) mass is 493 g/mol. The molecule has 0 spiro atoms. The van der Waals surface area contributed by atoms with Gasteiger partial charge in [-0.05, 0) is 66.4 Å². The van der Waals surface area contributed by atoms with Gasteiger partial charge >= 0.3 is 0 Å². The summed E-state index contributed by atoms with van der Waals surface area (Å²) < 4.78 is 45.5. The summed E-state index contributed by atoms with van der Waals surface area (Å²) in [6.45, 7) is 13.0. The van der Waals surface area contributed by atoms with E-state index in [1.165, 1.54) is 6.07 Å². The Labute approximate surface area is 205 Å². The van der Waals surface area contributed by atoms with Crippen molar-refractivity contribution in [1.82, 2.24) is 14.4 Å². The van der Waals surface area contributed by atoms with Crippen LogP contribution in [-0.4, -0.2) is 53.0 Å². The second-order valence-electron chi connectivity index (χ2n) is 9.53. The van der Waals surface area contributed by atoms with Crippen molar-refractivity contribution in [3.8, 4) is 11.8 Å². The van der Waals surface area contributed by atoms with Crippen molar-refractivity contribution < 1.29 is 18.4 Å². The van der Waals surface area contributed by atoms with E-state index < -0.39 is 19.9 Å². The number of hydrogen-bond donors (Lipinski definition) is 1. The highest BCUT2D eigenvalue weighted by Gasteiger charge is 2.57. The number of rotatable bonds is 9. The maximum atomic E-state index is 15.0. The Kier molecular flexibility index (Phi) is 9.74. The van der Waals surface area contributed by atoms with Crippen LogP contribution in [0.3, 0.4) is 0 Å². The highest BCUT2D eigenvalue weighted by Crippen LogP contribution is 2.63. The number of hydrogen-bond acceptors (Lipinski definition) is 3. The van der Waals surface area contributed by atoms with Crippen LogP contribution in [-0.2, 0) is 14.0 Å². The third-order valence-corrected chi connectivity index (χ3v) is 9.92. The first kappa shape index (κ1) is 27.3. The van der Waals surface area contributed by atoms with E-state index in [1.807, 2.05) is 13.8 Å². The first-order valence-corrected chi connectivity index (χ1v) is 14.3. The minimum Gasteiger partial charge on any atom is -0.342 e. The fourth-order valence-corrected chi connectivity index (χ4v) is 9.04. The molecular formula is C26H41FN3O3P. The lowest BCUT2D eigenvalue weighted by Gasteiger charge is -2.37. The second-order valence-corrected chi connectivity index (χ2v) is 11.8. The lowest BCUT2D eigenvalue weighted by Crippen LogP contribution is -2.43. The lowest BCUT2D eigenvalue weighted by molar-refractivity contribution is -0.0970. The number of fused-ring (bicyclic) bond motifs is 1. The standard InChI is InChI=1S/C26H41FN3O3P/c1-7-32-26(33-8-2)18-17-23(21-13-9-10-14-22(21)27)28-34(31)29(19(3)4)24-15-11-12-16-25(24)30(34)20(5)6/h9-10,13-14,19-20,23-26H,7-8,11-12,15-16H2,1-6H3,(H,28,31)/t23-,24-,25-/m1/s1. The summed E-state index contributed by atoms with van der Waals surface area (Å²) >= 11 is 0. The minimum absolute atomic E-state index is 0.0708. The summed E-state index contributed by atoms with van der Waals surface area (Å²) in [5, 5.41) is 3.39. The molecule has 1 saturated carbocycles. The van der Waals surface area contributed by atoms with E-state index in [-0.39, 0.29) is 30.0 Å². The normalized spacial score (nSPS) is 23.8. The van der Waals surface area contributed by atoms with Crippen molar-refractivity contribution in [2.75, 3.05) is 13.2 Å². The van der Waals surface area contributed by atoms with Crippen LogP contribution in [0.15, 0.2) is 24.3 Å². The summed E-state index contributed by atoms with van der Waals surface area (Å²) in [5.41, 5.74) is 0.374. The van der Waals surface area contributed by atoms with Crippen LogP contribution in [0, 0.1) is 17.7 Å². The first-order valence-electron chi connectivity index (χ1n) is 12.7. The zero-order valence-corrected chi connectivity index (χ0v) is 22.4. The fraction of sp³-hybridized carbons (Fsp3) is 0.692. The van der Waals surface area contributed by atoms with Gasteiger partial charge < -0.3 is 9.47 Å². The topological polar surface area (TPSA) is 54.0 Å². The van der Waals surface area contributed by atoms with Gasteiger partial charge in [0.15, 0.2) is 0 Å². The van der Waals surface area contributed by atoms with E-state index in [4.69, 9.17) is 9.47 Å². The second kappa shape index (κ2) is 12.1. The van der Waals surface area contributed by atoms with Gasteiger partial charge in [-0.2, -0.15) is 0 Å². The van der Waals surface area contributed by atoms with E-state index >= 15 is 4.57 Å². The average Bonchev–Trinajstić information content (AvgIpc) is 3.05. The predicted molar refractivity (Wildman–Crippen MR) is 135 cm³/mol. The zero-order chi connectivity index (χ0) is 24.9. The maximum Gasteiger partial charge on any atom is 0.286 e.